The van der Waals surface area contributed by atoms with Gasteiger partial charge in [0.2, 0.25) is 0 Å². The third-order valence-corrected chi connectivity index (χ3v) is 6.99. The predicted molar refractivity (Wildman–Crippen MR) is 129 cm³/mol. The molecule has 0 radical (unpaired) electrons. The number of carboxylic acids is 1. The van der Waals surface area contributed by atoms with Crippen LogP contribution >= 0.6 is 0 Å². The van der Waals surface area contributed by atoms with Crippen LogP contribution in [0.5, 0.6) is 5.75 Å². The highest BCUT2D eigenvalue weighted by molar-refractivity contribution is 5.85. The zero-order valence-electron chi connectivity index (χ0n) is 21.0. The summed E-state index contributed by atoms with van der Waals surface area (Å²) in [6.45, 7) is -0.0508. The van der Waals surface area contributed by atoms with E-state index < -0.39 is 54.7 Å². The van der Waals surface area contributed by atoms with Crippen LogP contribution in [0.2, 0.25) is 0 Å². The van der Waals surface area contributed by atoms with Crippen LogP contribution < -0.4 is 10.1 Å². The van der Waals surface area contributed by atoms with Crippen molar-refractivity contribution in [2.45, 2.75) is 74.3 Å². The molecule has 11 nitrogen and oxygen atoms in total. The first-order chi connectivity index (χ1) is 17.1. The SMILES string of the molecule is COc1ccc(C(CN(C)C)C2(OC3OC(C(=O)NCC(=O)O)C(O)C(O)C3O)CCCCC2)cc1. The second-order valence-corrected chi connectivity index (χ2v) is 9.84. The van der Waals surface area contributed by atoms with E-state index in [0.717, 1.165) is 30.6 Å². The molecule has 6 unspecified atom stereocenters. The van der Waals surface area contributed by atoms with Gasteiger partial charge in [0.1, 0.15) is 30.6 Å². The van der Waals surface area contributed by atoms with E-state index in [-0.39, 0.29) is 5.92 Å². The Kier molecular flexibility index (Phi) is 9.67. The summed E-state index contributed by atoms with van der Waals surface area (Å²) in [6, 6.07) is 7.71. The predicted octanol–water partition coefficient (Wildman–Crippen LogP) is 0.0683. The van der Waals surface area contributed by atoms with Crippen LogP contribution in [-0.2, 0) is 19.1 Å². The molecule has 11 heteroatoms. The molecule has 1 saturated heterocycles. The monoisotopic (exact) mass is 510 g/mol. The number of hydrogen-bond acceptors (Lipinski definition) is 9. The number of nitrogens with one attached hydrogen (secondary N) is 1. The molecule has 1 aromatic carbocycles. The molecule has 1 amide bonds. The number of amides is 1. The summed E-state index contributed by atoms with van der Waals surface area (Å²) in [4.78, 5) is 25.4. The van der Waals surface area contributed by atoms with Crippen molar-refractivity contribution in [1.82, 2.24) is 10.2 Å². The summed E-state index contributed by atoms with van der Waals surface area (Å²) in [6.07, 6.45) is -3.99. The number of rotatable bonds is 10. The number of carbonyl (C=O) groups is 2. The van der Waals surface area contributed by atoms with Crippen LogP contribution in [-0.4, -0.2) is 108 Å². The van der Waals surface area contributed by atoms with E-state index in [4.69, 9.17) is 19.3 Å². The van der Waals surface area contributed by atoms with Crippen molar-refractivity contribution in [1.29, 1.82) is 0 Å². The molecule has 36 heavy (non-hydrogen) atoms. The molecule has 1 heterocycles. The largest absolute Gasteiger partial charge is 0.497 e. The molecule has 0 spiro atoms. The van der Waals surface area contributed by atoms with E-state index in [2.05, 4.69) is 5.32 Å². The lowest BCUT2D eigenvalue weighted by molar-refractivity contribution is -0.324. The number of methoxy groups -OCH3 is 1. The maximum absolute atomic E-state index is 12.5. The van der Waals surface area contributed by atoms with Crippen LogP contribution in [0.1, 0.15) is 43.6 Å². The molecular formula is C25H38N2O9. The Morgan fingerprint density at radius 2 is 1.72 bits per heavy atom. The second-order valence-electron chi connectivity index (χ2n) is 9.84. The molecule has 2 aliphatic rings. The van der Waals surface area contributed by atoms with Gasteiger partial charge in [-0.3, -0.25) is 9.59 Å². The normalized spacial score (nSPS) is 28.9. The highest BCUT2D eigenvalue weighted by atomic mass is 16.7. The van der Waals surface area contributed by atoms with Crippen molar-refractivity contribution in [2.75, 3.05) is 34.3 Å². The standard InChI is InChI=1S/C25H38N2O9/c1-27(2)14-17(15-7-9-16(34-3)10-8-15)25(11-5-4-6-12-25)36-24-21(32)19(30)20(31)22(35-24)23(33)26-13-18(28)29/h7-10,17,19-22,24,30-32H,4-6,11-14H2,1-3H3,(H,26,33)(H,28,29). The van der Waals surface area contributed by atoms with Gasteiger partial charge in [0.15, 0.2) is 12.4 Å². The Bertz CT molecular complexity index is 873. The zero-order valence-corrected chi connectivity index (χ0v) is 21.0. The summed E-state index contributed by atoms with van der Waals surface area (Å²) in [5, 5.41) is 42.6. The highest BCUT2D eigenvalue weighted by Gasteiger charge is 2.52. The van der Waals surface area contributed by atoms with Crippen LogP contribution in [0, 0.1) is 0 Å². The average Bonchev–Trinajstić information content (AvgIpc) is 2.86. The Hall–Kier alpha value is -2.28. The van der Waals surface area contributed by atoms with Gasteiger partial charge >= 0.3 is 5.97 Å². The van der Waals surface area contributed by atoms with Crippen molar-refractivity contribution in [3.63, 3.8) is 0 Å². The quantitative estimate of drug-likeness (QED) is 0.292. The molecule has 1 aromatic rings. The van der Waals surface area contributed by atoms with Crippen molar-refractivity contribution >= 4 is 11.9 Å². The lowest BCUT2D eigenvalue weighted by Crippen LogP contribution is -2.64. The Labute approximate surface area is 211 Å². The van der Waals surface area contributed by atoms with E-state index in [9.17, 15) is 24.9 Å². The molecule has 6 atom stereocenters. The van der Waals surface area contributed by atoms with Gasteiger partial charge in [0.05, 0.1) is 12.7 Å². The van der Waals surface area contributed by atoms with E-state index in [1.54, 1.807) is 7.11 Å². The Balaban J connectivity index is 1.92. The summed E-state index contributed by atoms with van der Waals surface area (Å²) >= 11 is 0. The lowest BCUT2D eigenvalue weighted by Gasteiger charge is -2.49. The zero-order chi connectivity index (χ0) is 26.5. The molecule has 1 aliphatic carbocycles. The number of carboxylic acid groups (broad SMARTS) is 1. The summed E-state index contributed by atoms with van der Waals surface area (Å²) in [5.74, 6) is -1.60. The first-order valence-corrected chi connectivity index (χ1v) is 12.2. The number of nitrogens with zero attached hydrogens (tertiary/aromatic N) is 1. The number of benzene rings is 1. The van der Waals surface area contributed by atoms with Gasteiger partial charge < -0.3 is 44.9 Å². The fourth-order valence-corrected chi connectivity index (χ4v) is 5.13. The molecule has 1 aliphatic heterocycles. The van der Waals surface area contributed by atoms with Crippen LogP contribution in [0.4, 0.5) is 0 Å². The van der Waals surface area contributed by atoms with Crippen LogP contribution in [0.15, 0.2) is 24.3 Å². The van der Waals surface area contributed by atoms with Gasteiger partial charge in [-0.05, 0) is 44.6 Å². The van der Waals surface area contributed by atoms with E-state index >= 15 is 0 Å². The summed E-state index contributed by atoms with van der Waals surface area (Å²) in [7, 11) is 5.52. The maximum atomic E-state index is 12.5. The minimum Gasteiger partial charge on any atom is -0.497 e. The third-order valence-electron chi connectivity index (χ3n) is 6.99. The number of aliphatic hydroxyl groups is 3. The Morgan fingerprint density at radius 3 is 2.28 bits per heavy atom. The van der Waals surface area contributed by atoms with Gasteiger partial charge in [-0.15, -0.1) is 0 Å². The lowest BCUT2D eigenvalue weighted by atomic mass is 9.72. The minimum atomic E-state index is -1.75. The summed E-state index contributed by atoms with van der Waals surface area (Å²) < 4.78 is 17.5. The van der Waals surface area contributed by atoms with Crippen molar-refractivity contribution in [3.05, 3.63) is 29.8 Å². The van der Waals surface area contributed by atoms with Gasteiger partial charge in [-0.2, -0.15) is 0 Å². The number of hydrogen-bond donors (Lipinski definition) is 5. The molecular weight excluding hydrogens is 472 g/mol. The van der Waals surface area contributed by atoms with E-state index in [0.29, 0.717) is 19.4 Å². The van der Waals surface area contributed by atoms with Crippen molar-refractivity contribution < 1.29 is 44.2 Å². The first-order valence-electron chi connectivity index (χ1n) is 12.2. The van der Waals surface area contributed by atoms with Crippen molar-refractivity contribution in [3.8, 4) is 5.75 Å². The summed E-state index contributed by atoms with van der Waals surface area (Å²) in [5.41, 5.74) is 0.223. The second kappa shape index (κ2) is 12.3. The van der Waals surface area contributed by atoms with E-state index in [1.807, 2.05) is 43.3 Å². The molecule has 1 saturated carbocycles. The Morgan fingerprint density at radius 1 is 1.08 bits per heavy atom. The molecule has 3 rings (SSSR count). The highest BCUT2D eigenvalue weighted by Crippen LogP contribution is 2.45. The molecule has 202 valence electrons. The number of aliphatic hydroxyl groups excluding tert-OH is 3. The van der Waals surface area contributed by atoms with Gasteiger partial charge in [0, 0.05) is 12.5 Å². The number of aliphatic carboxylic acids is 1. The average molecular weight is 511 g/mol. The van der Waals surface area contributed by atoms with Crippen LogP contribution in [0.25, 0.3) is 0 Å². The van der Waals surface area contributed by atoms with Gasteiger partial charge in [0.25, 0.3) is 5.91 Å². The third kappa shape index (κ3) is 6.53. The van der Waals surface area contributed by atoms with Gasteiger partial charge in [-0.1, -0.05) is 31.4 Å². The van der Waals surface area contributed by atoms with Crippen molar-refractivity contribution in [2.24, 2.45) is 0 Å². The first kappa shape index (κ1) is 28.3. The number of likely N-dealkylation sites (N-methyl/N-ethyl adjacent to an activating group) is 1. The topological polar surface area (TPSA) is 158 Å². The van der Waals surface area contributed by atoms with Crippen LogP contribution in [0.3, 0.4) is 0 Å². The van der Waals surface area contributed by atoms with Gasteiger partial charge in [-0.25, -0.2) is 0 Å². The smallest absolute Gasteiger partial charge is 0.322 e. The molecule has 0 bridgehead atoms. The maximum Gasteiger partial charge on any atom is 0.322 e. The minimum absolute atomic E-state index is 0.141. The van der Waals surface area contributed by atoms with E-state index in [1.165, 1.54) is 0 Å². The number of carbonyl (C=O) groups excluding carboxylic acids is 1. The fourth-order valence-electron chi connectivity index (χ4n) is 5.13. The number of ether oxygens (including phenoxy) is 3. The molecule has 0 aromatic heterocycles. The molecule has 2 fully saturated rings. The molecule has 5 N–H and O–H groups in total. The fraction of sp³-hybridized carbons (Fsp3) is 0.680.